The summed E-state index contributed by atoms with van der Waals surface area (Å²) in [6, 6.07) is 2.20. The van der Waals surface area contributed by atoms with Crippen molar-refractivity contribution in [2.75, 3.05) is 26.2 Å². The first-order chi connectivity index (χ1) is 10.6. The molecule has 4 heteroatoms. The molecular weight excluding hydrogens is 292 g/mol. The van der Waals surface area contributed by atoms with Crippen molar-refractivity contribution in [1.82, 2.24) is 9.80 Å². The van der Waals surface area contributed by atoms with Gasteiger partial charge in [0.2, 0.25) is 5.91 Å². The molecule has 0 N–H and O–H groups in total. The molecule has 0 radical (unpaired) electrons. The van der Waals surface area contributed by atoms with Gasteiger partial charge in [0, 0.05) is 30.4 Å². The van der Waals surface area contributed by atoms with Crippen LogP contribution >= 0.6 is 11.3 Å². The summed E-state index contributed by atoms with van der Waals surface area (Å²) in [6.45, 7) is 9.62. The summed E-state index contributed by atoms with van der Waals surface area (Å²) in [7, 11) is 0. The summed E-state index contributed by atoms with van der Waals surface area (Å²) in [5, 5.41) is 2.18. The third-order valence-electron chi connectivity index (χ3n) is 5.24. The number of likely N-dealkylation sites (tertiary alicyclic amines) is 2. The van der Waals surface area contributed by atoms with Gasteiger partial charge < -0.3 is 4.90 Å². The average molecular weight is 321 g/mol. The molecule has 0 spiro atoms. The van der Waals surface area contributed by atoms with Crippen LogP contribution in [0.2, 0.25) is 0 Å². The Bertz CT molecular complexity index is 505. The van der Waals surface area contributed by atoms with Crippen molar-refractivity contribution in [3.05, 3.63) is 21.9 Å². The highest BCUT2D eigenvalue weighted by molar-refractivity contribution is 7.10. The number of rotatable bonds is 3. The van der Waals surface area contributed by atoms with E-state index in [9.17, 15) is 4.79 Å². The van der Waals surface area contributed by atoms with Gasteiger partial charge in [0.25, 0.3) is 0 Å². The lowest BCUT2D eigenvalue weighted by atomic mass is 9.92. The van der Waals surface area contributed by atoms with Crippen LogP contribution in [0.5, 0.6) is 0 Å². The lowest BCUT2D eigenvalue weighted by molar-refractivity contribution is -0.138. The van der Waals surface area contributed by atoms with Gasteiger partial charge in [-0.25, -0.2) is 0 Å². The largest absolute Gasteiger partial charge is 0.342 e. The van der Waals surface area contributed by atoms with Crippen molar-refractivity contribution in [2.24, 2.45) is 11.8 Å². The molecule has 1 aromatic rings. The molecule has 0 bridgehead atoms. The van der Waals surface area contributed by atoms with Gasteiger partial charge in [0.15, 0.2) is 0 Å². The molecule has 22 heavy (non-hydrogen) atoms. The van der Waals surface area contributed by atoms with Crippen LogP contribution in [-0.4, -0.2) is 41.9 Å². The van der Waals surface area contributed by atoms with Crippen LogP contribution in [0.4, 0.5) is 0 Å². The topological polar surface area (TPSA) is 23.6 Å². The van der Waals surface area contributed by atoms with Gasteiger partial charge in [-0.1, -0.05) is 6.92 Å². The van der Waals surface area contributed by atoms with Crippen LogP contribution in [0.3, 0.4) is 0 Å². The predicted molar refractivity (Wildman–Crippen MR) is 92.0 cm³/mol. The standard InChI is InChI=1S/C18H28N2OS/c1-14-4-3-8-20(12-14)18(21)16-5-9-19(10-6-16)13-17-15(2)7-11-22-17/h7,11,14,16H,3-6,8-10,12-13H2,1-2H3/t14-/m0/s1. The molecule has 2 aliphatic rings. The Balaban J connectivity index is 1.49. The molecule has 3 rings (SSSR count). The Morgan fingerprint density at radius 3 is 2.68 bits per heavy atom. The molecule has 1 atom stereocenters. The van der Waals surface area contributed by atoms with E-state index in [-0.39, 0.29) is 5.92 Å². The van der Waals surface area contributed by atoms with Gasteiger partial charge in [-0.2, -0.15) is 0 Å². The zero-order valence-corrected chi connectivity index (χ0v) is 14.7. The third-order valence-corrected chi connectivity index (χ3v) is 6.25. The van der Waals surface area contributed by atoms with E-state index >= 15 is 0 Å². The minimum absolute atomic E-state index is 0.269. The van der Waals surface area contributed by atoms with Gasteiger partial charge in [-0.3, -0.25) is 9.69 Å². The Morgan fingerprint density at radius 2 is 2.05 bits per heavy atom. The Hall–Kier alpha value is -0.870. The highest BCUT2D eigenvalue weighted by Crippen LogP contribution is 2.25. The van der Waals surface area contributed by atoms with Crippen LogP contribution < -0.4 is 0 Å². The summed E-state index contributed by atoms with van der Waals surface area (Å²) in [5.74, 6) is 1.38. The highest BCUT2D eigenvalue weighted by atomic mass is 32.1. The second-order valence-corrected chi connectivity index (χ2v) is 8.11. The number of nitrogens with zero attached hydrogens (tertiary/aromatic N) is 2. The molecule has 2 aliphatic heterocycles. The molecule has 0 unspecified atom stereocenters. The van der Waals surface area contributed by atoms with Crippen LogP contribution in [0.15, 0.2) is 11.4 Å². The smallest absolute Gasteiger partial charge is 0.225 e. The maximum atomic E-state index is 12.7. The second-order valence-electron chi connectivity index (χ2n) is 7.11. The third kappa shape index (κ3) is 3.72. The van der Waals surface area contributed by atoms with E-state index in [1.165, 1.54) is 23.3 Å². The van der Waals surface area contributed by atoms with E-state index in [4.69, 9.17) is 0 Å². The second kappa shape index (κ2) is 7.14. The number of carbonyl (C=O) groups excluding carboxylic acids is 1. The molecule has 0 aromatic carbocycles. The van der Waals surface area contributed by atoms with Gasteiger partial charge >= 0.3 is 0 Å². The Labute approximate surface area is 138 Å². The van der Waals surface area contributed by atoms with Crippen molar-refractivity contribution in [3.8, 4) is 0 Å². The molecule has 2 saturated heterocycles. The maximum Gasteiger partial charge on any atom is 0.225 e. The fraction of sp³-hybridized carbons (Fsp3) is 0.722. The van der Waals surface area contributed by atoms with Crippen LogP contribution in [0.1, 0.15) is 43.0 Å². The molecule has 3 nitrogen and oxygen atoms in total. The zero-order chi connectivity index (χ0) is 15.5. The summed E-state index contributed by atoms with van der Waals surface area (Å²) < 4.78 is 0. The van der Waals surface area contributed by atoms with E-state index in [2.05, 4.69) is 35.1 Å². The fourth-order valence-corrected chi connectivity index (χ4v) is 4.70. The van der Waals surface area contributed by atoms with Gasteiger partial charge in [0.05, 0.1) is 0 Å². The summed E-state index contributed by atoms with van der Waals surface area (Å²) in [5.41, 5.74) is 1.41. The summed E-state index contributed by atoms with van der Waals surface area (Å²) in [4.78, 5) is 18.8. The van der Waals surface area contributed by atoms with Crippen LogP contribution in [0, 0.1) is 18.8 Å². The van der Waals surface area contributed by atoms with Crippen molar-refractivity contribution in [2.45, 2.75) is 46.1 Å². The van der Waals surface area contributed by atoms with Crippen LogP contribution in [-0.2, 0) is 11.3 Å². The normalized spacial score (nSPS) is 24.6. The number of thiophene rings is 1. The minimum atomic E-state index is 0.269. The molecule has 0 aliphatic carbocycles. The van der Waals surface area contributed by atoms with Gasteiger partial charge in [-0.05, 0) is 68.6 Å². The monoisotopic (exact) mass is 320 g/mol. The van der Waals surface area contributed by atoms with Crippen molar-refractivity contribution in [3.63, 3.8) is 0 Å². The first-order valence-corrected chi connectivity index (χ1v) is 9.55. The Kier molecular flexibility index (Phi) is 5.19. The maximum absolute atomic E-state index is 12.7. The SMILES string of the molecule is Cc1ccsc1CN1CCC(C(=O)N2CCC[C@H](C)C2)CC1. The number of carbonyl (C=O) groups is 1. The molecule has 1 aromatic heterocycles. The summed E-state index contributed by atoms with van der Waals surface area (Å²) >= 11 is 1.86. The molecule has 0 saturated carbocycles. The van der Waals surface area contributed by atoms with E-state index in [0.717, 1.165) is 45.6 Å². The highest BCUT2D eigenvalue weighted by Gasteiger charge is 2.30. The molecule has 3 heterocycles. The predicted octanol–water partition coefficient (Wildman–Crippen LogP) is 3.53. The number of aryl methyl sites for hydroxylation is 1. The van der Waals surface area contributed by atoms with E-state index < -0.39 is 0 Å². The molecule has 2 fully saturated rings. The molecule has 122 valence electrons. The first kappa shape index (κ1) is 16.0. The number of amides is 1. The average Bonchev–Trinajstić information content (AvgIpc) is 2.92. The lowest BCUT2D eigenvalue weighted by Gasteiger charge is -2.37. The molecular formula is C18H28N2OS. The number of piperidine rings is 2. The van der Waals surface area contributed by atoms with Gasteiger partial charge in [0.1, 0.15) is 0 Å². The zero-order valence-electron chi connectivity index (χ0n) is 13.9. The van der Waals surface area contributed by atoms with E-state index in [1.807, 2.05) is 11.3 Å². The fourth-order valence-electron chi connectivity index (χ4n) is 3.75. The summed E-state index contributed by atoms with van der Waals surface area (Å²) in [6.07, 6.45) is 4.54. The minimum Gasteiger partial charge on any atom is -0.342 e. The van der Waals surface area contributed by atoms with Crippen molar-refractivity contribution < 1.29 is 4.79 Å². The van der Waals surface area contributed by atoms with Crippen molar-refractivity contribution in [1.29, 1.82) is 0 Å². The van der Waals surface area contributed by atoms with E-state index in [0.29, 0.717) is 11.8 Å². The molecule has 1 amide bonds. The Morgan fingerprint density at radius 1 is 1.27 bits per heavy atom. The number of hydrogen-bond donors (Lipinski definition) is 0. The van der Waals surface area contributed by atoms with Crippen LogP contribution in [0.25, 0.3) is 0 Å². The quantitative estimate of drug-likeness (QED) is 0.850. The van der Waals surface area contributed by atoms with Crippen molar-refractivity contribution >= 4 is 17.2 Å². The van der Waals surface area contributed by atoms with E-state index in [1.54, 1.807) is 0 Å². The number of hydrogen-bond acceptors (Lipinski definition) is 3. The first-order valence-electron chi connectivity index (χ1n) is 8.67. The van der Waals surface area contributed by atoms with Gasteiger partial charge in [-0.15, -0.1) is 11.3 Å². The lowest BCUT2D eigenvalue weighted by Crippen LogP contribution is -2.45.